The van der Waals surface area contributed by atoms with E-state index in [2.05, 4.69) is 9.97 Å². The Labute approximate surface area is 158 Å². The van der Waals surface area contributed by atoms with Crippen LogP contribution >= 0.6 is 0 Å². The number of para-hydroxylation sites is 1. The van der Waals surface area contributed by atoms with Crippen molar-refractivity contribution >= 4 is 17.5 Å². The smallest absolute Gasteiger partial charge is 0.256 e. The van der Waals surface area contributed by atoms with Crippen LogP contribution in [-0.4, -0.2) is 58.5 Å². The first-order chi connectivity index (χ1) is 13.1. The van der Waals surface area contributed by atoms with E-state index in [-0.39, 0.29) is 18.4 Å². The van der Waals surface area contributed by atoms with E-state index in [1.807, 2.05) is 35.2 Å². The van der Waals surface area contributed by atoms with Gasteiger partial charge in [0.15, 0.2) is 0 Å². The topological polar surface area (TPSA) is 75.6 Å². The fourth-order valence-electron chi connectivity index (χ4n) is 3.66. The zero-order chi connectivity index (χ0) is 18.9. The van der Waals surface area contributed by atoms with Crippen molar-refractivity contribution in [2.45, 2.75) is 25.4 Å². The molecule has 2 saturated heterocycles. The largest absolute Gasteiger partial charge is 0.363 e. The van der Waals surface area contributed by atoms with E-state index in [0.717, 1.165) is 5.69 Å². The molecule has 140 valence electrons. The summed E-state index contributed by atoms with van der Waals surface area (Å²) in [4.78, 5) is 36.8. The average molecular weight is 366 g/mol. The molecular weight excluding hydrogens is 344 g/mol. The lowest BCUT2D eigenvalue weighted by molar-refractivity contribution is -0.143. The second-order valence-corrected chi connectivity index (χ2v) is 7.10. The monoisotopic (exact) mass is 366 g/mol. The van der Waals surface area contributed by atoms with Gasteiger partial charge in [-0.3, -0.25) is 9.59 Å². The maximum Gasteiger partial charge on any atom is 0.256 e. The third-order valence-corrected chi connectivity index (χ3v) is 5.31. The number of aryl methyl sites for hydroxylation is 1. The Morgan fingerprint density at radius 1 is 1.11 bits per heavy atom. The molecule has 2 aromatic rings. The van der Waals surface area contributed by atoms with E-state index in [0.29, 0.717) is 43.9 Å². The molecule has 3 heterocycles. The molecule has 2 fully saturated rings. The molecule has 7 heteroatoms. The highest BCUT2D eigenvalue weighted by molar-refractivity contribution is 5.95. The first-order valence-corrected chi connectivity index (χ1v) is 9.14. The van der Waals surface area contributed by atoms with Gasteiger partial charge in [0.2, 0.25) is 0 Å². The molecular formula is C20H22N4O3. The summed E-state index contributed by atoms with van der Waals surface area (Å²) in [6, 6.07) is 9.66. The summed E-state index contributed by atoms with van der Waals surface area (Å²) in [7, 11) is 0. The van der Waals surface area contributed by atoms with Gasteiger partial charge in [0.25, 0.3) is 11.8 Å². The number of hydrogen-bond donors (Lipinski definition) is 0. The van der Waals surface area contributed by atoms with Crippen molar-refractivity contribution in [2.24, 2.45) is 0 Å². The Bertz CT molecular complexity index is 830. The van der Waals surface area contributed by atoms with Gasteiger partial charge in [-0.1, -0.05) is 18.2 Å². The molecule has 4 rings (SSSR count). The van der Waals surface area contributed by atoms with Crippen LogP contribution in [0.3, 0.4) is 0 Å². The minimum Gasteiger partial charge on any atom is -0.363 e. The first-order valence-electron chi connectivity index (χ1n) is 9.14. The SMILES string of the molecule is Cc1ncc(C(=O)N2CCC3(CC2)CN(c2ccccc2)C(=O)CO3)cn1. The number of ether oxygens (including phenoxy) is 1. The minimum absolute atomic E-state index is 0.0258. The number of aromatic nitrogens is 2. The highest BCUT2D eigenvalue weighted by Crippen LogP contribution is 2.33. The number of likely N-dealkylation sites (tertiary alicyclic amines) is 1. The number of piperidine rings is 1. The molecule has 0 saturated carbocycles. The van der Waals surface area contributed by atoms with Crippen molar-refractivity contribution in [3.63, 3.8) is 0 Å². The average Bonchev–Trinajstić information content (AvgIpc) is 2.71. The standard InChI is InChI=1S/C20H22N4O3/c1-15-21-11-16(12-22-15)19(26)23-9-7-20(8-10-23)14-24(18(25)13-27-20)17-5-3-2-4-6-17/h2-6,11-12H,7-10,13-14H2,1H3. The number of rotatable bonds is 2. The van der Waals surface area contributed by atoms with E-state index < -0.39 is 5.60 Å². The fourth-order valence-corrected chi connectivity index (χ4v) is 3.66. The van der Waals surface area contributed by atoms with E-state index in [9.17, 15) is 9.59 Å². The molecule has 2 amide bonds. The molecule has 1 aromatic carbocycles. The molecule has 0 atom stereocenters. The van der Waals surface area contributed by atoms with Crippen LogP contribution in [0.2, 0.25) is 0 Å². The van der Waals surface area contributed by atoms with Gasteiger partial charge >= 0.3 is 0 Å². The third kappa shape index (κ3) is 3.55. The van der Waals surface area contributed by atoms with Crippen molar-refractivity contribution in [2.75, 3.05) is 31.1 Å². The zero-order valence-electron chi connectivity index (χ0n) is 15.3. The number of anilines is 1. The van der Waals surface area contributed by atoms with Crippen molar-refractivity contribution in [3.05, 3.63) is 54.1 Å². The van der Waals surface area contributed by atoms with Crippen LogP contribution in [0.25, 0.3) is 0 Å². The van der Waals surface area contributed by atoms with E-state index in [4.69, 9.17) is 4.74 Å². The molecule has 27 heavy (non-hydrogen) atoms. The van der Waals surface area contributed by atoms with Crippen LogP contribution in [0.4, 0.5) is 5.69 Å². The van der Waals surface area contributed by atoms with E-state index >= 15 is 0 Å². The maximum atomic E-state index is 12.7. The number of benzene rings is 1. The number of morpholine rings is 1. The second kappa shape index (κ2) is 7.08. The molecule has 2 aliphatic heterocycles. The quantitative estimate of drug-likeness (QED) is 0.810. The van der Waals surface area contributed by atoms with Gasteiger partial charge in [0.1, 0.15) is 12.4 Å². The molecule has 0 unspecified atom stereocenters. The van der Waals surface area contributed by atoms with Crippen molar-refractivity contribution in [1.82, 2.24) is 14.9 Å². The van der Waals surface area contributed by atoms with Gasteiger partial charge in [0, 0.05) is 31.2 Å². The Balaban J connectivity index is 1.44. The maximum absolute atomic E-state index is 12.7. The summed E-state index contributed by atoms with van der Waals surface area (Å²) in [5.41, 5.74) is 0.993. The predicted octanol–water partition coefficient (Wildman–Crippen LogP) is 1.82. The molecule has 1 aromatic heterocycles. The van der Waals surface area contributed by atoms with Crippen molar-refractivity contribution in [3.8, 4) is 0 Å². The normalized spacial score (nSPS) is 19.4. The van der Waals surface area contributed by atoms with Crippen LogP contribution in [0.15, 0.2) is 42.7 Å². The van der Waals surface area contributed by atoms with Gasteiger partial charge in [-0.2, -0.15) is 0 Å². The van der Waals surface area contributed by atoms with E-state index in [1.54, 1.807) is 24.2 Å². The summed E-state index contributed by atoms with van der Waals surface area (Å²) < 4.78 is 5.97. The highest BCUT2D eigenvalue weighted by Gasteiger charge is 2.43. The Morgan fingerprint density at radius 2 is 1.78 bits per heavy atom. The molecule has 1 spiro atoms. The molecule has 0 radical (unpaired) electrons. The Kier molecular flexibility index (Phi) is 4.61. The molecule has 0 N–H and O–H groups in total. The Morgan fingerprint density at radius 3 is 2.44 bits per heavy atom. The highest BCUT2D eigenvalue weighted by atomic mass is 16.5. The fraction of sp³-hybridized carbons (Fsp3) is 0.400. The number of carbonyl (C=O) groups is 2. The van der Waals surface area contributed by atoms with Crippen LogP contribution < -0.4 is 4.90 Å². The van der Waals surface area contributed by atoms with Crippen molar-refractivity contribution in [1.29, 1.82) is 0 Å². The van der Waals surface area contributed by atoms with Crippen LogP contribution in [0.1, 0.15) is 29.0 Å². The van der Waals surface area contributed by atoms with E-state index in [1.165, 1.54) is 0 Å². The summed E-state index contributed by atoms with van der Waals surface area (Å²) in [5.74, 6) is 0.559. The van der Waals surface area contributed by atoms with Gasteiger partial charge in [0.05, 0.1) is 17.7 Å². The molecule has 0 bridgehead atoms. The number of hydrogen-bond acceptors (Lipinski definition) is 5. The minimum atomic E-state index is -0.399. The number of carbonyl (C=O) groups excluding carboxylic acids is 2. The lowest BCUT2D eigenvalue weighted by atomic mass is 9.88. The summed E-state index contributed by atoms with van der Waals surface area (Å²) in [6.07, 6.45) is 4.54. The molecule has 0 aliphatic carbocycles. The predicted molar refractivity (Wildman–Crippen MR) is 99.4 cm³/mol. The summed E-state index contributed by atoms with van der Waals surface area (Å²) >= 11 is 0. The van der Waals surface area contributed by atoms with Crippen LogP contribution in [-0.2, 0) is 9.53 Å². The summed E-state index contributed by atoms with van der Waals surface area (Å²) in [6.45, 7) is 3.56. The van der Waals surface area contributed by atoms with Gasteiger partial charge in [-0.05, 0) is 31.9 Å². The number of amides is 2. The zero-order valence-corrected chi connectivity index (χ0v) is 15.3. The molecule has 7 nitrogen and oxygen atoms in total. The van der Waals surface area contributed by atoms with Gasteiger partial charge in [-0.15, -0.1) is 0 Å². The Hall–Kier alpha value is -2.80. The number of nitrogens with zero attached hydrogens (tertiary/aromatic N) is 4. The van der Waals surface area contributed by atoms with Crippen LogP contribution in [0.5, 0.6) is 0 Å². The third-order valence-electron chi connectivity index (χ3n) is 5.31. The molecule has 2 aliphatic rings. The summed E-state index contributed by atoms with van der Waals surface area (Å²) in [5, 5.41) is 0. The lowest BCUT2D eigenvalue weighted by Gasteiger charge is -2.47. The van der Waals surface area contributed by atoms with Gasteiger partial charge in [-0.25, -0.2) is 9.97 Å². The van der Waals surface area contributed by atoms with Gasteiger partial charge < -0.3 is 14.5 Å². The lowest BCUT2D eigenvalue weighted by Crippen LogP contribution is -2.59. The van der Waals surface area contributed by atoms with Crippen molar-refractivity contribution < 1.29 is 14.3 Å². The first kappa shape index (κ1) is 17.6. The second-order valence-electron chi connectivity index (χ2n) is 7.10. The van der Waals surface area contributed by atoms with Crippen LogP contribution in [0, 0.1) is 6.92 Å².